The quantitative estimate of drug-likeness (QED) is 0.551. The fourth-order valence-electron chi connectivity index (χ4n) is 4.23. The summed E-state index contributed by atoms with van der Waals surface area (Å²) in [6.07, 6.45) is 5.11. The molecule has 0 saturated carbocycles. The Hall–Kier alpha value is -3.34. The number of hydrogen-bond donors (Lipinski definition) is 1. The number of unbranched alkanes of at least 4 members (excludes halogenated alkanes) is 1. The summed E-state index contributed by atoms with van der Waals surface area (Å²) in [5.74, 6) is -0.0601. The van der Waals surface area contributed by atoms with Gasteiger partial charge in [0.2, 0.25) is 0 Å². The summed E-state index contributed by atoms with van der Waals surface area (Å²) in [5, 5.41) is 0. The third-order valence-corrected chi connectivity index (χ3v) is 6.19. The van der Waals surface area contributed by atoms with Gasteiger partial charge in [-0.05, 0) is 49.1 Å². The molecule has 2 heterocycles. The van der Waals surface area contributed by atoms with E-state index in [1.54, 1.807) is 6.33 Å². The van der Waals surface area contributed by atoms with Crippen molar-refractivity contribution in [2.75, 3.05) is 19.0 Å². The molecule has 1 amide bonds. The van der Waals surface area contributed by atoms with Crippen LogP contribution >= 0.6 is 0 Å². The third kappa shape index (κ3) is 3.76. The molecule has 1 atom stereocenters. The highest BCUT2D eigenvalue weighted by Crippen LogP contribution is 2.45. The van der Waals surface area contributed by atoms with Crippen LogP contribution in [0.5, 0.6) is 0 Å². The molecular weight excluding hydrogens is 384 g/mol. The molecule has 0 radical (unpaired) electrons. The molecule has 1 fully saturated rings. The van der Waals surface area contributed by atoms with Gasteiger partial charge in [-0.15, -0.1) is 0 Å². The van der Waals surface area contributed by atoms with E-state index < -0.39 is 0 Å². The Balaban J connectivity index is 1.84. The molecule has 1 N–H and O–H groups in total. The molecule has 31 heavy (non-hydrogen) atoms. The number of aromatic nitrogens is 2. The van der Waals surface area contributed by atoms with Gasteiger partial charge >= 0.3 is 0 Å². The lowest BCUT2D eigenvalue weighted by Gasteiger charge is -2.28. The van der Waals surface area contributed by atoms with E-state index in [1.807, 2.05) is 37.2 Å². The number of rotatable bonds is 6. The van der Waals surface area contributed by atoms with Gasteiger partial charge in [-0.1, -0.05) is 44.2 Å². The number of allylic oxidation sites excluding steroid dienone is 1. The highest BCUT2D eigenvalue weighted by Gasteiger charge is 2.42. The topological polar surface area (TPSA) is 52.2 Å². The van der Waals surface area contributed by atoms with Crippen molar-refractivity contribution in [2.45, 2.75) is 39.2 Å². The predicted octanol–water partition coefficient (Wildman–Crippen LogP) is 5.39. The van der Waals surface area contributed by atoms with Crippen LogP contribution in [0.3, 0.4) is 0 Å². The average molecular weight is 415 g/mol. The van der Waals surface area contributed by atoms with Crippen LogP contribution < -0.4 is 4.90 Å². The highest BCUT2D eigenvalue weighted by molar-refractivity contribution is 6.14. The third-order valence-electron chi connectivity index (χ3n) is 6.19. The van der Waals surface area contributed by atoms with Crippen molar-refractivity contribution < 1.29 is 4.79 Å². The predicted molar refractivity (Wildman–Crippen MR) is 127 cm³/mol. The van der Waals surface area contributed by atoms with E-state index in [0.29, 0.717) is 5.57 Å². The van der Waals surface area contributed by atoms with E-state index in [0.717, 1.165) is 40.0 Å². The Kier molecular flexibility index (Phi) is 5.68. The molecule has 1 aliphatic rings. The van der Waals surface area contributed by atoms with Crippen LogP contribution in [0.4, 0.5) is 5.69 Å². The Morgan fingerprint density at radius 3 is 2.61 bits per heavy atom. The summed E-state index contributed by atoms with van der Waals surface area (Å²) in [5.41, 5.74) is 7.62. The number of hydrogen-bond acceptors (Lipinski definition) is 3. The number of nitrogens with zero attached hydrogens (tertiary/aromatic N) is 3. The number of aromatic amines is 1. The number of carbonyl (C=O) groups excluding carboxylic acids is 1. The fraction of sp³-hybridized carbons (Fsp3) is 0.308. The van der Waals surface area contributed by atoms with Gasteiger partial charge in [0.15, 0.2) is 0 Å². The van der Waals surface area contributed by atoms with Gasteiger partial charge in [0.1, 0.15) is 0 Å². The second-order valence-electron chi connectivity index (χ2n) is 8.40. The lowest BCUT2D eigenvalue weighted by molar-refractivity contribution is -0.114. The molecule has 4 rings (SSSR count). The highest BCUT2D eigenvalue weighted by atomic mass is 16.2. The van der Waals surface area contributed by atoms with Crippen molar-refractivity contribution in [3.8, 4) is 0 Å². The zero-order valence-electron chi connectivity index (χ0n) is 18.8. The molecule has 1 aliphatic heterocycles. The summed E-state index contributed by atoms with van der Waals surface area (Å²) in [4.78, 5) is 24.8. The van der Waals surface area contributed by atoms with Crippen molar-refractivity contribution in [1.29, 1.82) is 0 Å². The molecule has 0 bridgehead atoms. The van der Waals surface area contributed by atoms with Crippen molar-refractivity contribution in [3.05, 3.63) is 83.3 Å². The van der Waals surface area contributed by atoms with Gasteiger partial charge in [0.25, 0.3) is 5.91 Å². The molecular formula is C26H30N4O. The first-order valence-electron chi connectivity index (χ1n) is 10.8. The van der Waals surface area contributed by atoms with E-state index in [-0.39, 0.29) is 11.9 Å². The Bertz CT molecular complexity index is 1150. The smallest absolute Gasteiger partial charge is 0.258 e. The van der Waals surface area contributed by atoms with Crippen molar-refractivity contribution in [3.63, 3.8) is 0 Å². The number of benzene rings is 2. The van der Waals surface area contributed by atoms with Crippen LogP contribution in [0.1, 0.15) is 43.9 Å². The summed E-state index contributed by atoms with van der Waals surface area (Å²) >= 11 is 0. The average Bonchev–Trinajstić information content (AvgIpc) is 3.34. The lowest BCUT2D eigenvalue weighted by Crippen LogP contribution is -2.28. The first kappa shape index (κ1) is 20.9. The lowest BCUT2D eigenvalue weighted by atomic mass is 9.94. The fourth-order valence-corrected chi connectivity index (χ4v) is 4.23. The van der Waals surface area contributed by atoms with Gasteiger partial charge < -0.3 is 9.88 Å². The van der Waals surface area contributed by atoms with Crippen molar-refractivity contribution in [1.82, 2.24) is 14.9 Å². The molecule has 0 spiro atoms. The normalized spacial score (nSPS) is 18.2. The number of H-pyrrole nitrogens is 1. The summed E-state index contributed by atoms with van der Waals surface area (Å²) < 4.78 is 0. The maximum absolute atomic E-state index is 13.5. The van der Waals surface area contributed by atoms with Crippen LogP contribution in [0, 0.1) is 0 Å². The summed E-state index contributed by atoms with van der Waals surface area (Å²) in [6, 6.07) is 14.4. The molecule has 1 aromatic heterocycles. The first-order chi connectivity index (χ1) is 14.9. The van der Waals surface area contributed by atoms with Crippen LogP contribution in [0.15, 0.2) is 72.2 Å². The Labute approximate surface area is 184 Å². The molecule has 1 saturated heterocycles. The second kappa shape index (κ2) is 8.42. The molecule has 2 aromatic carbocycles. The van der Waals surface area contributed by atoms with E-state index in [2.05, 4.69) is 59.6 Å². The molecule has 5 nitrogen and oxygen atoms in total. The number of carbonyl (C=O) groups is 1. The van der Waals surface area contributed by atoms with Crippen LogP contribution in [0.25, 0.3) is 11.0 Å². The van der Waals surface area contributed by atoms with E-state index in [4.69, 9.17) is 0 Å². The van der Waals surface area contributed by atoms with Crippen molar-refractivity contribution >= 4 is 22.6 Å². The molecule has 0 aliphatic carbocycles. The number of anilines is 1. The van der Waals surface area contributed by atoms with E-state index in [1.165, 1.54) is 18.4 Å². The standard InChI is InChI=1S/C26H30N4O/c1-6-7-8-19-9-11-20(12-10-19)25-24(18(3)29(4)5)17(2)26(31)30(25)21-13-14-22-23(15-21)28-16-27-22/h9-16,25H,2,6-8H2,1,3-5H3,(H,27,28)/b24-18+. The summed E-state index contributed by atoms with van der Waals surface area (Å²) in [7, 11) is 4.01. The van der Waals surface area contributed by atoms with Gasteiger partial charge in [-0.25, -0.2) is 4.98 Å². The van der Waals surface area contributed by atoms with Gasteiger partial charge in [0.05, 0.1) is 23.4 Å². The molecule has 160 valence electrons. The zero-order chi connectivity index (χ0) is 22.1. The number of amides is 1. The van der Waals surface area contributed by atoms with Gasteiger partial charge in [-0.3, -0.25) is 9.69 Å². The number of nitrogens with one attached hydrogen (secondary N) is 1. The Morgan fingerprint density at radius 1 is 1.19 bits per heavy atom. The van der Waals surface area contributed by atoms with Crippen LogP contribution in [-0.4, -0.2) is 34.9 Å². The van der Waals surface area contributed by atoms with Crippen LogP contribution in [-0.2, 0) is 11.2 Å². The van der Waals surface area contributed by atoms with Gasteiger partial charge in [0, 0.05) is 36.6 Å². The molecule has 1 unspecified atom stereocenters. The maximum atomic E-state index is 13.5. The minimum atomic E-state index is -0.219. The minimum Gasteiger partial charge on any atom is -0.381 e. The monoisotopic (exact) mass is 414 g/mol. The van der Waals surface area contributed by atoms with E-state index in [9.17, 15) is 4.79 Å². The largest absolute Gasteiger partial charge is 0.381 e. The SMILES string of the molecule is C=C1C(=O)N(c2ccc3nc[nH]c3c2)C(c2ccc(CCCC)cc2)/C1=C(\C)N(C)C. The second-order valence-corrected chi connectivity index (χ2v) is 8.40. The number of fused-ring (bicyclic) bond motifs is 1. The summed E-state index contributed by atoms with van der Waals surface area (Å²) in [6.45, 7) is 8.45. The maximum Gasteiger partial charge on any atom is 0.258 e. The molecule has 3 aromatic rings. The number of aryl methyl sites for hydroxylation is 1. The Morgan fingerprint density at radius 2 is 1.94 bits per heavy atom. The van der Waals surface area contributed by atoms with Crippen molar-refractivity contribution in [2.24, 2.45) is 0 Å². The minimum absolute atomic E-state index is 0.0601. The number of imidazole rings is 1. The zero-order valence-corrected chi connectivity index (χ0v) is 18.8. The van der Waals surface area contributed by atoms with E-state index >= 15 is 0 Å². The first-order valence-corrected chi connectivity index (χ1v) is 10.8. The van der Waals surface area contributed by atoms with Crippen LogP contribution in [0.2, 0.25) is 0 Å². The van der Waals surface area contributed by atoms with Gasteiger partial charge in [-0.2, -0.15) is 0 Å². The molecule has 5 heteroatoms.